The smallest absolute Gasteiger partial charge is 0.294 e. The SMILES string of the molecule is CCCC(O)(CC)S(=O)(=O)O. The molecule has 4 nitrogen and oxygen atoms in total. The highest BCUT2D eigenvalue weighted by Gasteiger charge is 2.37. The first-order chi connectivity index (χ1) is 4.87. The summed E-state index contributed by atoms with van der Waals surface area (Å²) in [5.74, 6) is 0. The third kappa shape index (κ3) is 2.43. The van der Waals surface area contributed by atoms with Gasteiger partial charge in [0, 0.05) is 0 Å². The fraction of sp³-hybridized carbons (Fsp3) is 1.00. The monoisotopic (exact) mass is 182 g/mol. The maximum absolute atomic E-state index is 10.6. The Balaban J connectivity index is 4.61. The van der Waals surface area contributed by atoms with Crippen molar-refractivity contribution < 1.29 is 18.1 Å². The Kier molecular flexibility index (Phi) is 3.47. The molecule has 0 rings (SSSR count). The molecule has 0 saturated carbocycles. The standard InChI is InChI=1S/C6H14O4S/c1-3-5-6(7,4-2)11(8,9)10/h7H,3-5H2,1-2H3,(H,8,9,10). The van der Waals surface area contributed by atoms with Gasteiger partial charge in [0.05, 0.1) is 0 Å². The van der Waals surface area contributed by atoms with Crippen LogP contribution in [0.25, 0.3) is 0 Å². The van der Waals surface area contributed by atoms with Crippen LogP contribution < -0.4 is 0 Å². The summed E-state index contributed by atoms with van der Waals surface area (Å²) < 4.78 is 29.7. The summed E-state index contributed by atoms with van der Waals surface area (Å²) in [4.78, 5) is -1.94. The summed E-state index contributed by atoms with van der Waals surface area (Å²) >= 11 is 0. The first kappa shape index (κ1) is 10.9. The van der Waals surface area contributed by atoms with Crippen LogP contribution in [0.3, 0.4) is 0 Å². The van der Waals surface area contributed by atoms with Gasteiger partial charge in [0.15, 0.2) is 4.93 Å². The van der Waals surface area contributed by atoms with E-state index in [0.717, 1.165) is 0 Å². The minimum atomic E-state index is -4.32. The molecule has 0 aromatic rings. The van der Waals surface area contributed by atoms with Gasteiger partial charge < -0.3 is 5.11 Å². The molecule has 5 heteroatoms. The first-order valence-corrected chi connectivity index (χ1v) is 5.01. The Morgan fingerprint density at radius 2 is 1.82 bits per heavy atom. The number of hydrogen-bond donors (Lipinski definition) is 2. The molecule has 11 heavy (non-hydrogen) atoms. The van der Waals surface area contributed by atoms with E-state index in [0.29, 0.717) is 6.42 Å². The predicted molar refractivity (Wildman–Crippen MR) is 41.7 cm³/mol. The zero-order valence-corrected chi connectivity index (χ0v) is 7.56. The molecule has 0 heterocycles. The molecule has 0 amide bonds. The van der Waals surface area contributed by atoms with Crippen LogP contribution >= 0.6 is 0 Å². The van der Waals surface area contributed by atoms with Crippen LogP contribution in [0.5, 0.6) is 0 Å². The van der Waals surface area contributed by atoms with Crippen molar-refractivity contribution >= 4 is 10.1 Å². The van der Waals surface area contributed by atoms with Crippen LogP contribution in [0.4, 0.5) is 0 Å². The third-order valence-corrected chi connectivity index (χ3v) is 3.13. The molecule has 0 aliphatic rings. The van der Waals surface area contributed by atoms with Gasteiger partial charge in [0.1, 0.15) is 0 Å². The molecule has 0 spiro atoms. The summed E-state index contributed by atoms with van der Waals surface area (Å²) in [7, 11) is -4.32. The summed E-state index contributed by atoms with van der Waals surface area (Å²) in [6.45, 7) is 3.26. The lowest BCUT2D eigenvalue weighted by molar-refractivity contribution is 0.0988. The van der Waals surface area contributed by atoms with Crippen molar-refractivity contribution in [1.29, 1.82) is 0 Å². The van der Waals surface area contributed by atoms with Crippen LogP contribution in [0.1, 0.15) is 33.1 Å². The van der Waals surface area contributed by atoms with Crippen molar-refractivity contribution in [2.75, 3.05) is 0 Å². The van der Waals surface area contributed by atoms with E-state index >= 15 is 0 Å². The van der Waals surface area contributed by atoms with Gasteiger partial charge in [-0.05, 0) is 12.8 Å². The quantitative estimate of drug-likeness (QED) is 0.630. The van der Waals surface area contributed by atoms with Gasteiger partial charge in [-0.2, -0.15) is 8.42 Å². The molecular weight excluding hydrogens is 168 g/mol. The second-order valence-electron chi connectivity index (χ2n) is 2.52. The molecule has 0 saturated heterocycles. The summed E-state index contributed by atoms with van der Waals surface area (Å²) in [6, 6.07) is 0. The van der Waals surface area contributed by atoms with Gasteiger partial charge in [-0.25, -0.2) is 0 Å². The largest absolute Gasteiger partial charge is 0.372 e. The fourth-order valence-corrected chi connectivity index (χ4v) is 1.71. The van der Waals surface area contributed by atoms with E-state index in [1.165, 1.54) is 6.92 Å². The van der Waals surface area contributed by atoms with E-state index in [9.17, 15) is 13.5 Å². The van der Waals surface area contributed by atoms with Crippen molar-refractivity contribution in [3.8, 4) is 0 Å². The van der Waals surface area contributed by atoms with Gasteiger partial charge in [-0.15, -0.1) is 0 Å². The molecule has 0 radical (unpaired) electrons. The van der Waals surface area contributed by atoms with Gasteiger partial charge in [0.2, 0.25) is 0 Å². The Hall–Kier alpha value is -0.130. The van der Waals surface area contributed by atoms with Crippen LogP contribution in [-0.2, 0) is 10.1 Å². The van der Waals surface area contributed by atoms with E-state index in [2.05, 4.69) is 0 Å². The van der Waals surface area contributed by atoms with E-state index < -0.39 is 15.1 Å². The number of aliphatic hydroxyl groups is 1. The second-order valence-corrected chi connectivity index (χ2v) is 4.23. The average Bonchev–Trinajstić information content (AvgIpc) is 1.86. The number of rotatable bonds is 4. The maximum atomic E-state index is 10.6. The summed E-state index contributed by atoms with van der Waals surface area (Å²) in [5, 5.41) is 9.32. The fourth-order valence-electron chi connectivity index (χ4n) is 0.879. The van der Waals surface area contributed by atoms with E-state index in [1.807, 2.05) is 0 Å². The molecule has 68 valence electrons. The molecule has 0 aliphatic heterocycles. The van der Waals surface area contributed by atoms with E-state index in [1.54, 1.807) is 6.92 Å². The average molecular weight is 182 g/mol. The van der Waals surface area contributed by atoms with Gasteiger partial charge >= 0.3 is 0 Å². The topological polar surface area (TPSA) is 74.6 Å². The predicted octanol–water partition coefficient (Wildman–Crippen LogP) is 0.773. The van der Waals surface area contributed by atoms with Crippen LogP contribution in [0, 0.1) is 0 Å². The zero-order chi connectivity index (χ0) is 9.12. The lowest BCUT2D eigenvalue weighted by Gasteiger charge is -2.21. The highest BCUT2D eigenvalue weighted by molar-refractivity contribution is 7.87. The van der Waals surface area contributed by atoms with Crippen molar-refractivity contribution in [3.63, 3.8) is 0 Å². The minimum Gasteiger partial charge on any atom is -0.372 e. The second kappa shape index (κ2) is 3.51. The Bertz CT molecular complexity index is 209. The lowest BCUT2D eigenvalue weighted by atomic mass is 10.1. The Labute approximate surface area is 67.0 Å². The molecule has 1 atom stereocenters. The molecule has 0 aromatic carbocycles. The van der Waals surface area contributed by atoms with Crippen LogP contribution in [0.2, 0.25) is 0 Å². The highest BCUT2D eigenvalue weighted by Crippen LogP contribution is 2.22. The Morgan fingerprint density at radius 3 is 1.91 bits per heavy atom. The van der Waals surface area contributed by atoms with Crippen molar-refractivity contribution in [2.24, 2.45) is 0 Å². The van der Waals surface area contributed by atoms with Gasteiger partial charge in [-0.3, -0.25) is 4.55 Å². The Morgan fingerprint density at radius 1 is 1.36 bits per heavy atom. The normalized spacial score (nSPS) is 17.8. The minimum absolute atomic E-state index is 0.0136. The summed E-state index contributed by atoms with van der Waals surface area (Å²) in [5.41, 5.74) is 0. The van der Waals surface area contributed by atoms with Gasteiger partial charge in [0.25, 0.3) is 10.1 Å². The van der Waals surface area contributed by atoms with Crippen LogP contribution in [-0.4, -0.2) is 23.0 Å². The van der Waals surface area contributed by atoms with E-state index in [4.69, 9.17) is 4.55 Å². The molecular formula is C6H14O4S. The third-order valence-electron chi connectivity index (χ3n) is 1.67. The van der Waals surface area contributed by atoms with Crippen molar-refractivity contribution in [1.82, 2.24) is 0 Å². The molecule has 2 N–H and O–H groups in total. The number of hydrogen-bond acceptors (Lipinski definition) is 3. The maximum Gasteiger partial charge on any atom is 0.294 e. The molecule has 1 unspecified atom stereocenters. The highest BCUT2D eigenvalue weighted by atomic mass is 32.2. The summed E-state index contributed by atoms with van der Waals surface area (Å²) in [6.07, 6.45) is 0.603. The van der Waals surface area contributed by atoms with Crippen LogP contribution in [0.15, 0.2) is 0 Å². The molecule has 0 fully saturated rings. The van der Waals surface area contributed by atoms with Gasteiger partial charge in [-0.1, -0.05) is 20.3 Å². The molecule has 0 aromatic heterocycles. The molecule has 0 aliphatic carbocycles. The lowest BCUT2D eigenvalue weighted by Crippen LogP contribution is -2.37. The van der Waals surface area contributed by atoms with E-state index in [-0.39, 0.29) is 12.8 Å². The van der Waals surface area contributed by atoms with Crippen molar-refractivity contribution in [2.45, 2.75) is 38.0 Å². The molecule has 0 bridgehead atoms. The first-order valence-electron chi connectivity index (χ1n) is 3.56. The van der Waals surface area contributed by atoms with Crippen molar-refractivity contribution in [3.05, 3.63) is 0 Å². The zero-order valence-electron chi connectivity index (χ0n) is 6.74.